The summed E-state index contributed by atoms with van der Waals surface area (Å²) in [5.74, 6) is 0. The number of piperazine rings is 1. The number of carbonyl (C=O) groups excluding carboxylic acids is 1. The van der Waals surface area contributed by atoms with Gasteiger partial charge in [-0.15, -0.1) is 0 Å². The summed E-state index contributed by atoms with van der Waals surface area (Å²) in [7, 11) is 1.84. The lowest BCUT2D eigenvalue weighted by Crippen LogP contribution is -2.43. The van der Waals surface area contributed by atoms with E-state index in [0.717, 1.165) is 45.0 Å². The van der Waals surface area contributed by atoms with Crippen molar-refractivity contribution in [2.75, 3.05) is 56.1 Å². The van der Waals surface area contributed by atoms with Gasteiger partial charge in [0.15, 0.2) is 0 Å². The van der Waals surface area contributed by atoms with Crippen molar-refractivity contribution in [1.82, 2.24) is 10.2 Å². The third-order valence-corrected chi connectivity index (χ3v) is 3.86. The number of rotatable bonds is 2. The van der Waals surface area contributed by atoms with E-state index in [4.69, 9.17) is 0 Å². The third kappa shape index (κ3) is 2.38. The van der Waals surface area contributed by atoms with Gasteiger partial charge in [0.05, 0.1) is 0 Å². The molecule has 102 valence electrons. The molecule has 2 amide bonds. The van der Waals surface area contributed by atoms with Crippen LogP contribution in [-0.4, -0.2) is 57.2 Å². The number of hydrogen-bond acceptors (Lipinski definition) is 3. The van der Waals surface area contributed by atoms with Crippen LogP contribution in [0.1, 0.15) is 0 Å². The van der Waals surface area contributed by atoms with E-state index < -0.39 is 0 Å². The third-order valence-electron chi connectivity index (χ3n) is 3.86. The van der Waals surface area contributed by atoms with Gasteiger partial charge >= 0.3 is 6.03 Å². The Bertz CT molecular complexity index is 453. The minimum atomic E-state index is 0.0925. The fourth-order valence-corrected chi connectivity index (χ4v) is 2.65. The van der Waals surface area contributed by atoms with Crippen molar-refractivity contribution in [2.45, 2.75) is 0 Å². The van der Waals surface area contributed by atoms with Crippen molar-refractivity contribution in [1.29, 1.82) is 0 Å². The van der Waals surface area contributed by atoms with Gasteiger partial charge in [0, 0.05) is 57.7 Å². The number of benzene rings is 1. The lowest BCUT2D eigenvalue weighted by Gasteiger charge is -2.29. The molecule has 3 rings (SSSR count). The molecule has 0 radical (unpaired) electrons. The van der Waals surface area contributed by atoms with Crippen LogP contribution in [-0.2, 0) is 0 Å². The van der Waals surface area contributed by atoms with Crippen molar-refractivity contribution in [3.63, 3.8) is 0 Å². The van der Waals surface area contributed by atoms with Gasteiger partial charge in [-0.3, -0.25) is 4.90 Å². The first kappa shape index (κ1) is 12.3. The van der Waals surface area contributed by atoms with Gasteiger partial charge in [-0.05, 0) is 24.3 Å². The number of nitrogens with one attached hydrogen (secondary N) is 1. The van der Waals surface area contributed by atoms with Gasteiger partial charge in [0.2, 0.25) is 0 Å². The molecule has 2 aliphatic rings. The van der Waals surface area contributed by atoms with E-state index in [0.29, 0.717) is 0 Å². The van der Waals surface area contributed by atoms with E-state index in [1.807, 2.05) is 11.9 Å². The summed E-state index contributed by atoms with van der Waals surface area (Å²) in [6, 6.07) is 8.43. The van der Waals surface area contributed by atoms with Gasteiger partial charge in [-0.25, -0.2) is 4.79 Å². The van der Waals surface area contributed by atoms with Crippen LogP contribution in [0.5, 0.6) is 0 Å². The molecular weight excluding hydrogens is 240 g/mol. The molecular formula is C14H20N4O. The maximum Gasteiger partial charge on any atom is 0.324 e. The zero-order valence-electron chi connectivity index (χ0n) is 11.3. The first-order chi connectivity index (χ1) is 9.25. The molecule has 19 heavy (non-hydrogen) atoms. The molecule has 2 aliphatic heterocycles. The molecule has 2 saturated heterocycles. The normalized spacial score (nSPS) is 20.3. The Kier molecular flexibility index (Phi) is 3.29. The number of hydrogen-bond donors (Lipinski definition) is 1. The van der Waals surface area contributed by atoms with Crippen molar-refractivity contribution in [3.8, 4) is 0 Å². The fraction of sp³-hybridized carbons (Fsp3) is 0.500. The molecule has 0 spiro atoms. The Labute approximate surface area is 113 Å². The zero-order chi connectivity index (χ0) is 13.2. The standard InChI is InChI=1S/C14H20N4O/c1-16-10-11-18(14(16)19)13-4-2-12(3-5-13)17-8-6-15-7-9-17/h2-5,15H,6-11H2,1H3. The molecule has 0 saturated carbocycles. The van der Waals surface area contributed by atoms with Crippen LogP contribution >= 0.6 is 0 Å². The van der Waals surface area contributed by atoms with E-state index in [1.165, 1.54) is 5.69 Å². The molecule has 0 bridgehead atoms. The monoisotopic (exact) mass is 260 g/mol. The topological polar surface area (TPSA) is 38.8 Å². The molecule has 2 fully saturated rings. The van der Waals surface area contributed by atoms with Crippen molar-refractivity contribution >= 4 is 17.4 Å². The van der Waals surface area contributed by atoms with E-state index in [1.54, 1.807) is 4.90 Å². The number of anilines is 2. The molecule has 2 heterocycles. The lowest BCUT2D eigenvalue weighted by molar-refractivity contribution is 0.229. The van der Waals surface area contributed by atoms with Crippen LogP contribution < -0.4 is 15.1 Å². The highest BCUT2D eigenvalue weighted by atomic mass is 16.2. The SMILES string of the molecule is CN1CCN(c2ccc(N3CCNCC3)cc2)C1=O. The largest absolute Gasteiger partial charge is 0.369 e. The highest BCUT2D eigenvalue weighted by Gasteiger charge is 2.26. The second-order valence-electron chi connectivity index (χ2n) is 5.11. The summed E-state index contributed by atoms with van der Waals surface area (Å²) in [6.45, 7) is 5.75. The van der Waals surface area contributed by atoms with Crippen molar-refractivity contribution in [2.24, 2.45) is 0 Å². The number of amides is 2. The lowest BCUT2D eigenvalue weighted by atomic mass is 10.2. The number of carbonyl (C=O) groups is 1. The Balaban J connectivity index is 1.73. The molecule has 5 heteroatoms. The first-order valence-corrected chi connectivity index (χ1v) is 6.84. The van der Waals surface area contributed by atoms with Crippen LogP contribution in [0.4, 0.5) is 16.2 Å². The Hall–Kier alpha value is -1.75. The maximum absolute atomic E-state index is 11.9. The molecule has 0 aliphatic carbocycles. The summed E-state index contributed by atoms with van der Waals surface area (Å²) in [4.78, 5) is 17.9. The molecule has 0 unspecified atom stereocenters. The van der Waals surface area contributed by atoms with E-state index in [9.17, 15) is 4.79 Å². The molecule has 1 aromatic carbocycles. The number of nitrogens with zero attached hydrogens (tertiary/aromatic N) is 3. The summed E-state index contributed by atoms with van der Waals surface area (Å²) >= 11 is 0. The summed E-state index contributed by atoms with van der Waals surface area (Å²) in [5, 5.41) is 3.35. The van der Waals surface area contributed by atoms with Gasteiger partial charge in [-0.1, -0.05) is 0 Å². The summed E-state index contributed by atoms with van der Waals surface area (Å²) in [6.07, 6.45) is 0. The number of urea groups is 1. The molecule has 0 aromatic heterocycles. The average Bonchev–Trinajstić information content (AvgIpc) is 2.80. The van der Waals surface area contributed by atoms with Crippen LogP contribution in [0.25, 0.3) is 0 Å². The number of likely N-dealkylation sites (N-methyl/N-ethyl adjacent to an activating group) is 1. The van der Waals surface area contributed by atoms with Crippen LogP contribution in [0.3, 0.4) is 0 Å². The molecule has 5 nitrogen and oxygen atoms in total. The van der Waals surface area contributed by atoms with E-state index >= 15 is 0 Å². The maximum atomic E-state index is 11.9. The van der Waals surface area contributed by atoms with Gasteiger partial charge in [0.1, 0.15) is 0 Å². The Morgan fingerprint density at radius 3 is 2.16 bits per heavy atom. The molecule has 1 N–H and O–H groups in total. The second-order valence-corrected chi connectivity index (χ2v) is 5.11. The quantitative estimate of drug-likeness (QED) is 0.861. The predicted molar refractivity (Wildman–Crippen MR) is 76.9 cm³/mol. The zero-order valence-corrected chi connectivity index (χ0v) is 11.3. The van der Waals surface area contributed by atoms with Gasteiger partial charge in [0.25, 0.3) is 0 Å². The summed E-state index contributed by atoms with van der Waals surface area (Å²) < 4.78 is 0. The smallest absolute Gasteiger partial charge is 0.324 e. The van der Waals surface area contributed by atoms with Crippen LogP contribution in [0, 0.1) is 0 Å². The first-order valence-electron chi connectivity index (χ1n) is 6.84. The molecule has 0 atom stereocenters. The highest BCUT2D eigenvalue weighted by molar-refractivity contribution is 5.94. The van der Waals surface area contributed by atoms with E-state index in [2.05, 4.69) is 34.5 Å². The highest BCUT2D eigenvalue weighted by Crippen LogP contribution is 2.23. The Morgan fingerprint density at radius 1 is 0.947 bits per heavy atom. The van der Waals surface area contributed by atoms with Crippen molar-refractivity contribution < 1.29 is 4.79 Å². The van der Waals surface area contributed by atoms with Crippen LogP contribution in [0.15, 0.2) is 24.3 Å². The fourth-order valence-electron chi connectivity index (χ4n) is 2.65. The minimum absolute atomic E-state index is 0.0925. The predicted octanol–water partition coefficient (Wildman–Crippen LogP) is 0.968. The van der Waals surface area contributed by atoms with Crippen LogP contribution in [0.2, 0.25) is 0 Å². The molecule has 1 aromatic rings. The van der Waals surface area contributed by atoms with Gasteiger partial charge in [-0.2, -0.15) is 0 Å². The minimum Gasteiger partial charge on any atom is -0.369 e. The van der Waals surface area contributed by atoms with Gasteiger partial charge < -0.3 is 15.1 Å². The van der Waals surface area contributed by atoms with E-state index in [-0.39, 0.29) is 6.03 Å². The summed E-state index contributed by atoms with van der Waals surface area (Å²) in [5.41, 5.74) is 2.23. The Morgan fingerprint density at radius 2 is 1.58 bits per heavy atom. The average molecular weight is 260 g/mol. The second kappa shape index (κ2) is 5.09. The van der Waals surface area contributed by atoms with Crippen molar-refractivity contribution in [3.05, 3.63) is 24.3 Å².